The summed E-state index contributed by atoms with van der Waals surface area (Å²) in [5.74, 6) is -2.00. The van der Waals surface area contributed by atoms with Gasteiger partial charge in [0.25, 0.3) is 0 Å². The van der Waals surface area contributed by atoms with Gasteiger partial charge in [0, 0.05) is 6.42 Å². The summed E-state index contributed by atoms with van der Waals surface area (Å²) >= 11 is 0. The second kappa shape index (κ2) is 9.16. The zero-order chi connectivity index (χ0) is 15.7. The fourth-order valence-electron chi connectivity index (χ4n) is 2.59. The standard InChI is InChI=1S/C17H24O4/c1-2-13-9-7-8-10-14(13)15(17(20)21)11-5-3-4-6-12-16(18)19/h7-10,15H,2-6,11-12H2,1H3,(H,18,19)(H,20,21). The van der Waals surface area contributed by atoms with Gasteiger partial charge >= 0.3 is 11.9 Å². The van der Waals surface area contributed by atoms with Crippen LogP contribution in [-0.2, 0) is 16.0 Å². The van der Waals surface area contributed by atoms with E-state index in [2.05, 4.69) is 0 Å². The molecule has 1 unspecified atom stereocenters. The normalized spacial score (nSPS) is 12.0. The predicted molar refractivity (Wildman–Crippen MR) is 81.5 cm³/mol. The summed E-state index contributed by atoms with van der Waals surface area (Å²) in [6.45, 7) is 2.03. The molecule has 0 radical (unpaired) electrons. The van der Waals surface area contributed by atoms with Crippen molar-refractivity contribution in [3.8, 4) is 0 Å². The molecule has 0 saturated heterocycles. The van der Waals surface area contributed by atoms with Gasteiger partial charge in [0.15, 0.2) is 0 Å². The summed E-state index contributed by atoms with van der Waals surface area (Å²) < 4.78 is 0. The number of rotatable bonds is 10. The van der Waals surface area contributed by atoms with E-state index in [0.717, 1.165) is 36.8 Å². The van der Waals surface area contributed by atoms with E-state index in [-0.39, 0.29) is 6.42 Å². The van der Waals surface area contributed by atoms with E-state index in [1.807, 2.05) is 31.2 Å². The average molecular weight is 292 g/mol. The molecule has 0 heterocycles. The molecule has 2 N–H and O–H groups in total. The van der Waals surface area contributed by atoms with Crippen LogP contribution in [0, 0.1) is 0 Å². The first-order valence-corrected chi connectivity index (χ1v) is 7.58. The molecule has 1 atom stereocenters. The van der Waals surface area contributed by atoms with Gasteiger partial charge in [-0.1, -0.05) is 50.5 Å². The van der Waals surface area contributed by atoms with E-state index in [1.165, 1.54) is 0 Å². The Hall–Kier alpha value is -1.84. The molecular formula is C17H24O4. The lowest BCUT2D eigenvalue weighted by molar-refractivity contribution is -0.139. The van der Waals surface area contributed by atoms with Gasteiger partial charge < -0.3 is 10.2 Å². The first kappa shape index (κ1) is 17.2. The van der Waals surface area contributed by atoms with Crippen LogP contribution >= 0.6 is 0 Å². The number of benzene rings is 1. The highest BCUT2D eigenvalue weighted by Crippen LogP contribution is 2.26. The average Bonchev–Trinajstić information content (AvgIpc) is 2.46. The molecule has 116 valence electrons. The van der Waals surface area contributed by atoms with Crippen LogP contribution in [-0.4, -0.2) is 22.2 Å². The van der Waals surface area contributed by atoms with Gasteiger partial charge in [-0.2, -0.15) is 0 Å². The van der Waals surface area contributed by atoms with Crippen molar-refractivity contribution in [2.24, 2.45) is 0 Å². The van der Waals surface area contributed by atoms with E-state index in [1.54, 1.807) is 0 Å². The summed E-state index contributed by atoms with van der Waals surface area (Å²) in [5, 5.41) is 18.0. The zero-order valence-electron chi connectivity index (χ0n) is 12.5. The fourth-order valence-corrected chi connectivity index (χ4v) is 2.59. The molecule has 0 aliphatic heterocycles. The van der Waals surface area contributed by atoms with E-state index < -0.39 is 17.9 Å². The Labute approximate surface area is 125 Å². The van der Waals surface area contributed by atoms with Gasteiger partial charge in [-0.15, -0.1) is 0 Å². The Balaban J connectivity index is 2.51. The molecule has 0 fully saturated rings. The SMILES string of the molecule is CCc1ccccc1C(CCCCCCC(=O)O)C(=O)O. The number of carboxylic acids is 2. The van der Waals surface area contributed by atoms with Crippen LogP contribution in [0.25, 0.3) is 0 Å². The number of aliphatic carboxylic acids is 2. The minimum Gasteiger partial charge on any atom is -0.481 e. The summed E-state index contributed by atoms with van der Waals surface area (Å²) in [7, 11) is 0. The highest BCUT2D eigenvalue weighted by molar-refractivity contribution is 5.76. The van der Waals surface area contributed by atoms with E-state index in [4.69, 9.17) is 5.11 Å². The summed E-state index contributed by atoms with van der Waals surface area (Å²) in [6.07, 6.45) is 4.84. The minimum absolute atomic E-state index is 0.195. The topological polar surface area (TPSA) is 74.6 Å². The maximum atomic E-state index is 11.5. The molecule has 4 heteroatoms. The molecule has 4 nitrogen and oxygen atoms in total. The van der Waals surface area contributed by atoms with Crippen LogP contribution in [0.5, 0.6) is 0 Å². The quantitative estimate of drug-likeness (QED) is 0.642. The molecule has 0 spiro atoms. The molecule has 1 rings (SSSR count). The number of aryl methyl sites for hydroxylation is 1. The van der Waals surface area contributed by atoms with Crippen molar-refractivity contribution in [2.75, 3.05) is 0 Å². The van der Waals surface area contributed by atoms with Crippen LogP contribution in [0.3, 0.4) is 0 Å². The molecule has 0 aliphatic rings. The van der Waals surface area contributed by atoms with Crippen molar-refractivity contribution < 1.29 is 19.8 Å². The number of hydrogen-bond donors (Lipinski definition) is 2. The molecule has 0 amide bonds. The van der Waals surface area contributed by atoms with Crippen molar-refractivity contribution in [3.63, 3.8) is 0 Å². The Morgan fingerprint density at radius 2 is 1.71 bits per heavy atom. The van der Waals surface area contributed by atoms with Crippen molar-refractivity contribution in [2.45, 2.75) is 57.8 Å². The zero-order valence-corrected chi connectivity index (χ0v) is 12.5. The van der Waals surface area contributed by atoms with Crippen LogP contribution < -0.4 is 0 Å². The highest BCUT2D eigenvalue weighted by Gasteiger charge is 2.21. The van der Waals surface area contributed by atoms with Gasteiger partial charge in [-0.3, -0.25) is 9.59 Å². The van der Waals surface area contributed by atoms with Gasteiger partial charge in [0.1, 0.15) is 0 Å². The summed E-state index contributed by atoms with van der Waals surface area (Å²) in [4.78, 5) is 21.9. The summed E-state index contributed by atoms with van der Waals surface area (Å²) in [6, 6.07) is 7.71. The molecule has 21 heavy (non-hydrogen) atoms. The third kappa shape index (κ3) is 5.98. The third-order valence-corrected chi connectivity index (χ3v) is 3.74. The monoisotopic (exact) mass is 292 g/mol. The van der Waals surface area contributed by atoms with Gasteiger partial charge in [0.05, 0.1) is 5.92 Å². The van der Waals surface area contributed by atoms with Crippen molar-refractivity contribution in [3.05, 3.63) is 35.4 Å². The van der Waals surface area contributed by atoms with Crippen LogP contribution in [0.15, 0.2) is 24.3 Å². The maximum Gasteiger partial charge on any atom is 0.310 e. The number of carbonyl (C=O) groups is 2. The lowest BCUT2D eigenvalue weighted by Gasteiger charge is -2.16. The van der Waals surface area contributed by atoms with Crippen molar-refractivity contribution in [1.82, 2.24) is 0 Å². The number of carboxylic acid groups (broad SMARTS) is 2. The second-order valence-corrected chi connectivity index (χ2v) is 5.29. The van der Waals surface area contributed by atoms with Gasteiger partial charge in [0.2, 0.25) is 0 Å². The third-order valence-electron chi connectivity index (χ3n) is 3.74. The highest BCUT2D eigenvalue weighted by atomic mass is 16.4. The predicted octanol–water partition coefficient (Wildman–Crippen LogP) is 3.84. The molecule has 0 bridgehead atoms. The number of unbranched alkanes of at least 4 members (excludes halogenated alkanes) is 3. The first-order valence-electron chi connectivity index (χ1n) is 7.58. The van der Waals surface area contributed by atoms with Crippen LogP contribution in [0.1, 0.15) is 62.5 Å². The summed E-state index contributed by atoms with van der Waals surface area (Å²) in [5.41, 5.74) is 2.01. The Bertz CT molecular complexity index is 468. The molecule has 0 saturated carbocycles. The van der Waals surface area contributed by atoms with E-state index in [9.17, 15) is 14.7 Å². The molecule has 1 aromatic rings. The minimum atomic E-state index is -0.776. The lowest BCUT2D eigenvalue weighted by atomic mass is 9.89. The fraction of sp³-hybridized carbons (Fsp3) is 0.529. The number of hydrogen-bond acceptors (Lipinski definition) is 2. The van der Waals surface area contributed by atoms with Crippen molar-refractivity contribution in [1.29, 1.82) is 0 Å². The van der Waals surface area contributed by atoms with E-state index in [0.29, 0.717) is 12.8 Å². The van der Waals surface area contributed by atoms with Gasteiger partial charge in [-0.25, -0.2) is 0 Å². The smallest absolute Gasteiger partial charge is 0.310 e. The van der Waals surface area contributed by atoms with Crippen LogP contribution in [0.2, 0.25) is 0 Å². The van der Waals surface area contributed by atoms with E-state index >= 15 is 0 Å². The molecular weight excluding hydrogens is 268 g/mol. The molecule has 1 aromatic carbocycles. The maximum absolute atomic E-state index is 11.5. The molecule has 0 aromatic heterocycles. The Kier molecular flexibility index (Phi) is 7.51. The van der Waals surface area contributed by atoms with Gasteiger partial charge in [-0.05, 0) is 30.4 Å². The molecule has 0 aliphatic carbocycles. The van der Waals surface area contributed by atoms with Crippen molar-refractivity contribution >= 4 is 11.9 Å². The Morgan fingerprint density at radius 1 is 1.05 bits per heavy atom. The lowest BCUT2D eigenvalue weighted by Crippen LogP contribution is -2.13. The first-order chi connectivity index (χ1) is 10.1. The second-order valence-electron chi connectivity index (χ2n) is 5.29. The van der Waals surface area contributed by atoms with Crippen LogP contribution in [0.4, 0.5) is 0 Å². The Morgan fingerprint density at radius 3 is 2.33 bits per heavy atom. The largest absolute Gasteiger partial charge is 0.481 e.